The van der Waals surface area contributed by atoms with Crippen molar-refractivity contribution in [3.05, 3.63) is 71.4 Å². The Labute approximate surface area is 153 Å². The number of nitrogens with zero attached hydrogens (tertiary/aromatic N) is 3. The number of anilines is 2. The third-order valence-corrected chi connectivity index (χ3v) is 4.41. The van der Waals surface area contributed by atoms with Gasteiger partial charge in [-0.25, -0.2) is 13.8 Å². The number of pyridine rings is 1. The molecule has 0 saturated carbocycles. The average molecular weight is 371 g/mol. The van der Waals surface area contributed by atoms with Crippen LogP contribution in [-0.4, -0.2) is 14.8 Å². The maximum absolute atomic E-state index is 13.9. The molecule has 7 heteroatoms. The molecule has 0 aliphatic rings. The van der Waals surface area contributed by atoms with Gasteiger partial charge in [-0.3, -0.25) is 4.68 Å². The number of nitrogens with one attached hydrogen (secondary N) is 1. The molecule has 0 bridgehead atoms. The average Bonchev–Trinajstić information content (AvgIpc) is 2.95. The molecule has 130 valence electrons. The van der Waals surface area contributed by atoms with E-state index >= 15 is 0 Å². The molecular formula is C19H13ClF2N4. The molecule has 0 unspecified atom stereocenters. The van der Waals surface area contributed by atoms with Crippen molar-refractivity contribution in [1.29, 1.82) is 0 Å². The molecule has 0 aliphatic heterocycles. The van der Waals surface area contributed by atoms with Crippen LogP contribution in [0.1, 0.15) is 0 Å². The second-order valence-electron chi connectivity index (χ2n) is 5.76. The van der Waals surface area contributed by atoms with E-state index in [1.54, 1.807) is 22.9 Å². The fourth-order valence-electron chi connectivity index (χ4n) is 2.83. The van der Waals surface area contributed by atoms with Crippen molar-refractivity contribution in [2.75, 3.05) is 5.32 Å². The minimum absolute atomic E-state index is 0.162. The van der Waals surface area contributed by atoms with Gasteiger partial charge in [-0.2, -0.15) is 5.10 Å². The second kappa shape index (κ2) is 6.38. The molecule has 0 radical (unpaired) electrons. The van der Waals surface area contributed by atoms with Crippen LogP contribution in [0.2, 0.25) is 5.02 Å². The summed E-state index contributed by atoms with van der Waals surface area (Å²) in [7, 11) is 1.83. The van der Waals surface area contributed by atoms with Gasteiger partial charge in [0.2, 0.25) is 0 Å². The smallest absolute Gasteiger partial charge is 0.166 e. The van der Waals surface area contributed by atoms with Crippen molar-refractivity contribution in [2.45, 2.75) is 0 Å². The quantitative estimate of drug-likeness (QED) is 0.531. The lowest BCUT2D eigenvalue weighted by molar-refractivity contribution is 0.511. The monoisotopic (exact) mass is 370 g/mol. The molecule has 4 nitrogen and oxygen atoms in total. The van der Waals surface area contributed by atoms with Gasteiger partial charge in [0.15, 0.2) is 17.5 Å². The summed E-state index contributed by atoms with van der Waals surface area (Å²) in [6.07, 6.45) is 1.48. The van der Waals surface area contributed by atoms with Crippen LogP contribution < -0.4 is 5.32 Å². The van der Waals surface area contributed by atoms with Crippen LogP contribution in [0.25, 0.3) is 22.0 Å². The van der Waals surface area contributed by atoms with E-state index in [0.29, 0.717) is 22.2 Å². The highest BCUT2D eigenvalue weighted by Crippen LogP contribution is 2.31. The molecule has 2 aromatic carbocycles. The van der Waals surface area contributed by atoms with Gasteiger partial charge < -0.3 is 5.32 Å². The van der Waals surface area contributed by atoms with E-state index in [-0.39, 0.29) is 5.56 Å². The number of hydrogen-bond donors (Lipinski definition) is 1. The molecule has 0 aliphatic carbocycles. The Morgan fingerprint density at radius 1 is 1.04 bits per heavy atom. The van der Waals surface area contributed by atoms with Gasteiger partial charge in [-0.1, -0.05) is 29.8 Å². The minimum Gasteiger partial charge on any atom is -0.323 e. The Bertz CT molecular complexity index is 1110. The predicted octanol–water partition coefficient (Wildman–Crippen LogP) is 5.31. The summed E-state index contributed by atoms with van der Waals surface area (Å²) in [5, 5.41) is 8.91. The van der Waals surface area contributed by atoms with Crippen molar-refractivity contribution in [3.8, 4) is 11.1 Å². The zero-order chi connectivity index (χ0) is 18.3. The summed E-state index contributed by atoms with van der Waals surface area (Å²) in [5.41, 5.74) is 1.53. The van der Waals surface area contributed by atoms with Crippen LogP contribution in [0.15, 0.2) is 54.7 Å². The van der Waals surface area contributed by atoms with E-state index < -0.39 is 11.6 Å². The normalized spacial score (nSPS) is 11.1. The van der Waals surface area contributed by atoms with Crippen LogP contribution in [0.5, 0.6) is 0 Å². The van der Waals surface area contributed by atoms with Crippen LogP contribution >= 0.6 is 11.6 Å². The van der Waals surface area contributed by atoms with Crippen molar-refractivity contribution in [1.82, 2.24) is 14.8 Å². The van der Waals surface area contributed by atoms with E-state index in [0.717, 1.165) is 17.0 Å². The van der Waals surface area contributed by atoms with Gasteiger partial charge in [0.25, 0.3) is 0 Å². The van der Waals surface area contributed by atoms with Crippen LogP contribution in [0.4, 0.5) is 20.4 Å². The molecule has 4 rings (SSSR count). The van der Waals surface area contributed by atoms with Gasteiger partial charge in [0.1, 0.15) is 5.82 Å². The molecule has 4 aromatic rings. The number of hydrogen-bond acceptors (Lipinski definition) is 3. The van der Waals surface area contributed by atoms with E-state index in [1.165, 1.54) is 18.3 Å². The zero-order valence-corrected chi connectivity index (χ0v) is 14.4. The molecule has 0 spiro atoms. The largest absolute Gasteiger partial charge is 0.323 e. The van der Waals surface area contributed by atoms with Gasteiger partial charge >= 0.3 is 0 Å². The highest BCUT2D eigenvalue weighted by Gasteiger charge is 2.13. The van der Waals surface area contributed by atoms with Gasteiger partial charge in [-0.05, 0) is 30.3 Å². The number of rotatable bonds is 3. The summed E-state index contributed by atoms with van der Waals surface area (Å²) in [6, 6.07) is 13.0. The van der Waals surface area contributed by atoms with E-state index in [1.807, 2.05) is 19.2 Å². The summed E-state index contributed by atoms with van der Waals surface area (Å²) in [5.74, 6) is -0.687. The topological polar surface area (TPSA) is 42.7 Å². The lowest BCUT2D eigenvalue weighted by Crippen LogP contribution is -1.97. The first-order valence-electron chi connectivity index (χ1n) is 7.83. The Kier molecular flexibility index (Phi) is 4.05. The summed E-state index contributed by atoms with van der Waals surface area (Å²) < 4.78 is 29.0. The second-order valence-corrected chi connectivity index (χ2v) is 6.17. The summed E-state index contributed by atoms with van der Waals surface area (Å²) in [6.45, 7) is 0. The number of aromatic nitrogens is 3. The van der Waals surface area contributed by atoms with Crippen molar-refractivity contribution in [2.24, 2.45) is 7.05 Å². The Morgan fingerprint density at radius 2 is 1.85 bits per heavy atom. The molecule has 26 heavy (non-hydrogen) atoms. The van der Waals surface area contributed by atoms with Gasteiger partial charge in [0, 0.05) is 24.4 Å². The predicted molar refractivity (Wildman–Crippen MR) is 98.6 cm³/mol. The molecule has 2 heterocycles. The first-order valence-corrected chi connectivity index (χ1v) is 8.21. The first-order chi connectivity index (χ1) is 12.5. The Hall–Kier alpha value is -2.99. The highest BCUT2D eigenvalue weighted by atomic mass is 35.5. The van der Waals surface area contributed by atoms with Gasteiger partial charge in [0.05, 0.1) is 15.9 Å². The molecular weight excluding hydrogens is 358 g/mol. The van der Waals surface area contributed by atoms with Crippen LogP contribution in [0.3, 0.4) is 0 Å². The van der Waals surface area contributed by atoms with E-state index in [9.17, 15) is 8.78 Å². The maximum atomic E-state index is 13.9. The number of halogens is 3. The van der Waals surface area contributed by atoms with Crippen molar-refractivity contribution >= 4 is 34.1 Å². The third-order valence-electron chi connectivity index (χ3n) is 4.10. The lowest BCUT2D eigenvalue weighted by Gasteiger charge is -2.06. The fourth-order valence-corrected chi connectivity index (χ4v) is 3.09. The Morgan fingerprint density at radius 3 is 2.62 bits per heavy atom. The fraction of sp³-hybridized carbons (Fsp3) is 0.0526. The molecule has 0 fully saturated rings. The third kappa shape index (κ3) is 2.78. The number of fused-ring (bicyclic) bond motifs is 1. The Balaban J connectivity index is 1.68. The molecule has 0 atom stereocenters. The van der Waals surface area contributed by atoms with Crippen molar-refractivity contribution < 1.29 is 8.78 Å². The number of aryl methyl sites for hydroxylation is 1. The number of benzene rings is 2. The van der Waals surface area contributed by atoms with Crippen LogP contribution in [0, 0.1) is 11.6 Å². The minimum atomic E-state index is -0.891. The summed E-state index contributed by atoms with van der Waals surface area (Å²) >= 11 is 6.29. The highest BCUT2D eigenvalue weighted by molar-refractivity contribution is 6.36. The maximum Gasteiger partial charge on any atom is 0.166 e. The van der Waals surface area contributed by atoms with Crippen molar-refractivity contribution in [3.63, 3.8) is 0 Å². The zero-order valence-electron chi connectivity index (χ0n) is 13.7. The summed E-state index contributed by atoms with van der Waals surface area (Å²) in [4.78, 5) is 4.27. The van der Waals surface area contributed by atoms with Gasteiger partial charge in [-0.15, -0.1) is 0 Å². The lowest BCUT2D eigenvalue weighted by atomic mass is 10.1. The molecule has 2 aromatic heterocycles. The van der Waals surface area contributed by atoms with E-state index in [2.05, 4.69) is 15.4 Å². The van der Waals surface area contributed by atoms with E-state index in [4.69, 9.17) is 11.6 Å². The molecule has 0 amide bonds. The molecule has 1 N–H and O–H groups in total. The standard InChI is InChI=1S/C19H13ClF2N4/c1-26-15-7-3-5-13(20)17(15)19(25-26)24-16-9-8-11(10-23-16)12-4-2-6-14(21)18(12)22/h2-10H,1H3,(H,23,24,25). The van der Waals surface area contributed by atoms with Crippen LogP contribution in [-0.2, 0) is 7.05 Å². The SMILES string of the molecule is Cn1nc(Nc2ccc(-c3cccc(F)c3F)cn2)c2c(Cl)cccc21. The first kappa shape index (κ1) is 16.5. The molecule has 0 saturated heterocycles.